The molecule has 0 bridgehead atoms. The van der Waals surface area contributed by atoms with Crippen LogP contribution >= 0.6 is 0 Å². The molecule has 0 saturated carbocycles. The van der Waals surface area contributed by atoms with Crippen molar-refractivity contribution in [3.05, 3.63) is 29.8 Å². The summed E-state index contributed by atoms with van der Waals surface area (Å²) in [6.45, 7) is 9.27. The average Bonchev–Trinajstić information content (AvgIpc) is 2.59. The fraction of sp³-hybridized carbons (Fsp3) is 0.682. The van der Waals surface area contributed by atoms with E-state index in [9.17, 15) is 13.2 Å². The van der Waals surface area contributed by atoms with E-state index in [-0.39, 0.29) is 11.5 Å². The monoisotopic (exact) mass is 412 g/mol. The molecule has 0 saturated heterocycles. The maximum atomic E-state index is 12.5. The molecule has 28 heavy (non-hydrogen) atoms. The third-order valence-electron chi connectivity index (χ3n) is 4.38. The Morgan fingerprint density at radius 1 is 1.00 bits per heavy atom. The summed E-state index contributed by atoms with van der Waals surface area (Å²) >= 11 is 0. The van der Waals surface area contributed by atoms with Gasteiger partial charge in [-0.2, -0.15) is 8.42 Å². The Kier molecular flexibility index (Phi) is 10.2. The first kappa shape index (κ1) is 24.6. The molecule has 0 spiro atoms. The van der Waals surface area contributed by atoms with Crippen LogP contribution in [-0.2, 0) is 23.8 Å². The summed E-state index contributed by atoms with van der Waals surface area (Å²) in [5.41, 5.74) is 0.348. The van der Waals surface area contributed by atoms with Gasteiger partial charge in [0.1, 0.15) is 5.60 Å². The lowest BCUT2D eigenvalue weighted by Crippen LogP contribution is -2.31. The van der Waals surface area contributed by atoms with Crippen LogP contribution in [0.4, 0.5) is 0 Å². The van der Waals surface area contributed by atoms with E-state index < -0.39 is 27.6 Å². The molecule has 0 radical (unpaired) electrons. The van der Waals surface area contributed by atoms with Crippen LogP contribution in [0, 0.1) is 12.8 Å². The van der Waals surface area contributed by atoms with E-state index in [1.54, 1.807) is 32.9 Å². The van der Waals surface area contributed by atoms with Gasteiger partial charge in [0.15, 0.2) is 0 Å². The van der Waals surface area contributed by atoms with Gasteiger partial charge in [-0.1, -0.05) is 63.1 Å². The minimum Gasteiger partial charge on any atom is -0.460 e. The number of carbonyl (C=O) groups excluding carboxylic acids is 1. The van der Waals surface area contributed by atoms with Gasteiger partial charge in [-0.05, 0) is 46.2 Å². The van der Waals surface area contributed by atoms with Crippen molar-refractivity contribution < 1.29 is 22.1 Å². The molecule has 1 atom stereocenters. The second-order valence-corrected chi connectivity index (χ2v) is 9.95. The highest BCUT2D eigenvalue weighted by molar-refractivity contribution is 7.86. The zero-order valence-electron chi connectivity index (χ0n) is 18.0. The van der Waals surface area contributed by atoms with Gasteiger partial charge < -0.3 is 4.74 Å². The molecule has 0 fully saturated rings. The number of carbonyl (C=O) groups is 1. The summed E-state index contributed by atoms with van der Waals surface area (Å²) in [5.74, 6) is -0.995. The molecule has 0 heterocycles. The van der Waals surface area contributed by atoms with Crippen LogP contribution in [0.3, 0.4) is 0 Å². The van der Waals surface area contributed by atoms with Gasteiger partial charge in [-0.15, -0.1) is 0 Å². The Morgan fingerprint density at radius 3 is 2.14 bits per heavy atom. The number of hydrogen-bond donors (Lipinski definition) is 0. The van der Waals surface area contributed by atoms with Gasteiger partial charge in [-0.3, -0.25) is 8.98 Å². The SMILES string of the molecule is CCCCCCCCC(COS(=O)(=O)c1ccc(C)cc1)C(=O)OC(C)(C)C. The Balaban J connectivity index is 2.69. The lowest BCUT2D eigenvalue weighted by Gasteiger charge is -2.24. The molecule has 0 amide bonds. The van der Waals surface area contributed by atoms with Crippen LogP contribution in [0.25, 0.3) is 0 Å². The Bertz CT molecular complexity index is 687. The third kappa shape index (κ3) is 9.69. The van der Waals surface area contributed by atoms with Gasteiger partial charge in [0, 0.05) is 0 Å². The fourth-order valence-corrected chi connectivity index (χ4v) is 3.72. The van der Waals surface area contributed by atoms with Gasteiger partial charge in [0.05, 0.1) is 17.4 Å². The van der Waals surface area contributed by atoms with Crippen molar-refractivity contribution in [2.45, 2.75) is 90.1 Å². The summed E-state index contributed by atoms with van der Waals surface area (Å²) in [6, 6.07) is 6.47. The van der Waals surface area contributed by atoms with Crippen LogP contribution in [0.5, 0.6) is 0 Å². The Hall–Kier alpha value is -1.40. The predicted molar refractivity (Wildman–Crippen MR) is 112 cm³/mol. The van der Waals surface area contributed by atoms with Crippen molar-refractivity contribution in [3.8, 4) is 0 Å². The first-order valence-corrected chi connectivity index (χ1v) is 11.6. The van der Waals surface area contributed by atoms with Gasteiger partial charge in [0.25, 0.3) is 10.1 Å². The van der Waals surface area contributed by atoms with E-state index >= 15 is 0 Å². The molecule has 160 valence electrons. The number of benzene rings is 1. The lowest BCUT2D eigenvalue weighted by atomic mass is 10.0. The number of esters is 1. The van der Waals surface area contributed by atoms with Gasteiger partial charge in [-0.25, -0.2) is 0 Å². The van der Waals surface area contributed by atoms with E-state index in [1.165, 1.54) is 31.4 Å². The standard InChI is InChI=1S/C22H36O5S/c1-6-7-8-9-10-11-12-19(21(23)27-22(3,4)5)17-26-28(24,25)20-15-13-18(2)14-16-20/h13-16,19H,6-12,17H2,1-5H3. The maximum Gasteiger partial charge on any atom is 0.311 e. The highest BCUT2D eigenvalue weighted by Gasteiger charge is 2.27. The molecule has 5 nitrogen and oxygen atoms in total. The first-order chi connectivity index (χ1) is 13.0. The molecule has 0 aliphatic carbocycles. The van der Waals surface area contributed by atoms with Crippen molar-refractivity contribution in [2.24, 2.45) is 5.92 Å². The topological polar surface area (TPSA) is 69.7 Å². The molecule has 0 aliphatic heterocycles. The van der Waals surface area contributed by atoms with E-state index in [4.69, 9.17) is 8.92 Å². The van der Waals surface area contributed by atoms with Crippen LogP contribution in [-0.4, -0.2) is 26.6 Å². The normalized spacial score (nSPS) is 13.3. The van der Waals surface area contributed by atoms with Crippen molar-refractivity contribution >= 4 is 16.1 Å². The predicted octanol–water partition coefficient (Wildman–Crippen LogP) is 5.41. The first-order valence-electron chi connectivity index (χ1n) is 10.2. The summed E-state index contributed by atoms with van der Waals surface area (Å²) in [7, 11) is -3.90. The summed E-state index contributed by atoms with van der Waals surface area (Å²) in [5, 5.41) is 0. The van der Waals surface area contributed by atoms with E-state index in [0.29, 0.717) is 6.42 Å². The molecule has 1 aromatic carbocycles. The van der Waals surface area contributed by atoms with E-state index in [0.717, 1.165) is 24.8 Å². The van der Waals surface area contributed by atoms with Gasteiger partial charge >= 0.3 is 5.97 Å². The summed E-state index contributed by atoms with van der Waals surface area (Å²) in [6.07, 6.45) is 7.14. The Morgan fingerprint density at radius 2 is 1.57 bits per heavy atom. The summed E-state index contributed by atoms with van der Waals surface area (Å²) in [4.78, 5) is 12.6. The maximum absolute atomic E-state index is 12.5. The number of rotatable bonds is 12. The van der Waals surface area contributed by atoms with E-state index in [2.05, 4.69) is 6.92 Å². The zero-order valence-corrected chi connectivity index (χ0v) is 18.8. The number of ether oxygens (including phenoxy) is 1. The molecule has 0 N–H and O–H groups in total. The number of unbranched alkanes of at least 4 members (excludes halogenated alkanes) is 5. The zero-order chi connectivity index (χ0) is 21.2. The highest BCUT2D eigenvalue weighted by atomic mass is 32.2. The van der Waals surface area contributed by atoms with Crippen molar-refractivity contribution in [1.82, 2.24) is 0 Å². The Labute approximate surface area is 170 Å². The van der Waals surface area contributed by atoms with Crippen molar-refractivity contribution in [2.75, 3.05) is 6.61 Å². The lowest BCUT2D eigenvalue weighted by molar-refractivity contribution is -0.161. The van der Waals surface area contributed by atoms with Crippen molar-refractivity contribution in [3.63, 3.8) is 0 Å². The minimum atomic E-state index is -3.90. The molecule has 0 aliphatic rings. The molecular formula is C22H36O5S. The third-order valence-corrected chi connectivity index (χ3v) is 5.68. The summed E-state index contributed by atoms with van der Waals surface area (Å²) < 4.78 is 35.5. The number of aryl methyl sites for hydroxylation is 1. The second-order valence-electron chi connectivity index (χ2n) is 8.34. The average molecular weight is 413 g/mol. The minimum absolute atomic E-state index is 0.0978. The highest BCUT2D eigenvalue weighted by Crippen LogP contribution is 2.21. The van der Waals surface area contributed by atoms with Crippen LogP contribution in [0.1, 0.15) is 78.2 Å². The second kappa shape index (κ2) is 11.6. The van der Waals surface area contributed by atoms with Crippen LogP contribution in [0.15, 0.2) is 29.2 Å². The molecule has 1 unspecified atom stereocenters. The van der Waals surface area contributed by atoms with Crippen molar-refractivity contribution in [1.29, 1.82) is 0 Å². The smallest absolute Gasteiger partial charge is 0.311 e. The van der Waals surface area contributed by atoms with Crippen LogP contribution < -0.4 is 0 Å². The molecule has 1 rings (SSSR count). The largest absolute Gasteiger partial charge is 0.460 e. The van der Waals surface area contributed by atoms with E-state index in [1.807, 2.05) is 6.92 Å². The molecule has 0 aromatic heterocycles. The molecule has 6 heteroatoms. The number of hydrogen-bond acceptors (Lipinski definition) is 5. The molecule has 1 aromatic rings. The van der Waals surface area contributed by atoms with Gasteiger partial charge in [0.2, 0.25) is 0 Å². The van der Waals surface area contributed by atoms with Crippen LogP contribution in [0.2, 0.25) is 0 Å². The fourth-order valence-electron chi connectivity index (χ4n) is 2.77. The molecular weight excluding hydrogens is 376 g/mol. The quantitative estimate of drug-likeness (QED) is 0.261.